The van der Waals surface area contributed by atoms with Crippen molar-refractivity contribution in [2.75, 3.05) is 6.54 Å². The van der Waals surface area contributed by atoms with Crippen LogP contribution < -0.4 is 5.73 Å². The Labute approximate surface area is 110 Å². The van der Waals surface area contributed by atoms with E-state index in [0.29, 0.717) is 6.54 Å². The number of nitrogens with two attached hydrogens (primary N) is 1. The molecule has 1 saturated heterocycles. The molecule has 2 heterocycles. The van der Waals surface area contributed by atoms with E-state index in [9.17, 15) is 0 Å². The highest BCUT2D eigenvalue weighted by atomic mass is 16.3. The zero-order chi connectivity index (χ0) is 13.0. The van der Waals surface area contributed by atoms with Gasteiger partial charge >= 0.3 is 0 Å². The Morgan fingerprint density at radius 2 is 2.22 bits per heavy atom. The fourth-order valence-electron chi connectivity index (χ4n) is 2.98. The van der Waals surface area contributed by atoms with Gasteiger partial charge in [-0.05, 0) is 44.4 Å². The van der Waals surface area contributed by atoms with E-state index in [0.717, 1.165) is 24.1 Å². The number of aryl methyl sites for hydroxylation is 1. The van der Waals surface area contributed by atoms with Gasteiger partial charge in [-0.2, -0.15) is 0 Å². The van der Waals surface area contributed by atoms with Gasteiger partial charge in [0.2, 0.25) is 0 Å². The molecule has 18 heavy (non-hydrogen) atoms. The Hall–Kier alpha value is -0.800. The van der Waals surface area contributed by atoms with Gasteiger partial charge in [0.05, 0.1) is 13.1 Å². The summed E-state index contributed by atoms with van der Waals surface area (Å²) in [5.74, 6) is 2.01. The van der Waals surface area contributed by atoms with Crippen molar-refractivity contribution in [3.63, 3.8) is 0 Å². The van der Waals surface area contributed by atoms with Crippen LogP contribution in [0.25, 0.3) is 0 Å². The minimum absolute atomic E-state index is 0.503. The van der Waals surface area contributed by atoms with Crippen LogP contribution in [0, 0.1) is 6.92 Å². The van der Waals surface area contributed by atoms with Crippen LogP contribution in [-0.2, 0) is 13.1 Å². The van der Waals surface area contributed by atoms with E-state index in [2.05, 4.69) is 24.8 Å². The van der Waals surface area contributed by atoms with Crippen LogP contribution in [0.2, 0.25) is 0 Å². The van der Waals surface area contributed by atoms with E-state index in [1.165, 1.54) is 44.2 Å². The Kier molecular flexibility index (Phi) is 4.84. The van der Waals surface area contributed by atoms with Gasteiger partial charge in [0, 0.05) is 6.04 Å². The van der Waals surface area contributed by atoms with E-state index < -0.39 is 0 Å². The van der Waals surface area contributed by atoms with E-state index in [-0.39, 0.29) is 0 Å². The number of nitrogens with zero attached hydrogens (tertiary/aromatic N) is 1. The fraction of sp³-hybridized carbons (Fsp3) is 0.733. The number of likely N-dealkylation sites (tertiary alicyclic amines) is 1. The monoisotopic (exact) mass is 250 g/mol. The normalized spacial score (nSPS) is 22.1. The average Bonchev–Trinajstić information content (AvgIpc) is 2.59. The molecule has 0 aliphatic carbocycles. The molecule has 0 saturated carbocycles. The minimum atomic E-state index is 0.503. The van der Waals surface area contributed by atoms with Gasteiger partial charge < -0.3 is 10.2 Å². The van der Waals surface area contributed by atoms with Crippen LogP contribution in [0.3, 0.4) is 0 Å². The molecule has 1 aliphatic rings. The lowest BCUT2D eigenvalue weighted by Crippen LogP contribution is -2.33. The largest absolute Gasteiger partial charge is 0.463 e. The molecule has 1 aromatic rings. The van der Waals surface area contributed by atoms with Crippen LogP contribution in [0.15, 0.2) is 10.5 Å². The maximum absolute atomic E-state index is 5.83. The van der Waals surface area contributed by atoms with Gasteiger partial charge in [0.1, 0.15) is 11.5 Å². The first-order chi connectivity index (χ1) is 8.74. The number of rotatable bonds is 4. The predicted octanol–water partition coefficient (Wildman–Crippen LogP) is 3.20. The van der Waals surface area contributed by atoms with Gasteiger partial charge in [-0.15, -0.1) is 0 Å². The summed E-state index contributed by atoms with van der Waals surface area (Å²) in [6.45, 7) is 7.02. The summed E-state index contributed by atoms with van der Waals surface area (Å²) < 4.78 is 5.83. The zero-order valence-corrected chi connectivity index (χ0v) is 11.7. The Balaban J connectivity index is 2.05. The molecule has 1 aliphatic heterocycles. The molecule has 0 radical (unpaired) electrons. The number of furan rings is 1. The third kappa shape index (κ3) is 3.15. The van der Waals surface area contributed by atoms with Crippen LogP contribution in [0.4, 0.5) is 0 Å². The van der Waals surface area contributed by atoms with Gasteiger partial charge in [-0.3, -0.25) is 4.90 Å². The van der Waals surface area contributed by atoms with Crippen LogP contribution >= 0.6 is 0 Å². The predicted molar refractivity (Wildman–Crippen MR) is 74.3 cm³/mol. The van der Waals surface area contributed by atoms with Crippen molar-refractivity contribution >= 4 is 0 Å². The zero-order valence-electron chi connectivity index (χ0n) is 11.7. The van der Waals surface area contributed by atoms with Crippen molar-refractivity contribution in [1.29, 1.82) is 0 Å². The minimum Gasteiger partial charge on any atom is -0.463 e. The van der Waals surface area contributed by atoms with Crippen molar-refractivity contribution in [2.24, 2.45) is 5.73 Å². The third-order valence-electron chi connectivity index (χ3n) is 4.09. The second-order valence-electron chi connectivity index (χ2n) is 5.40. The van der Waals surface area contributed by atoms with Gasteiger partial charge in [0.15, 0.2) is 0 Å². The Morgan fingerprint density at radius 1 is 1.39 bits per heavy atom. The molecule has 0 bridgehead atoms. The maximum atomic E-state index is 5.83. The molecule has 1 atom stereocenters. The van der Waals surface area contributed by atoms with E-state index in [4.69, 9.17) is 10.2 Å². The van der Waals surface area contributed by atoms with E-state index in [1.54, 1.807) is 0 Å². The van der Waals surface area contributed by atoms with Crippen molar-refractivity contribution in [1.82, 2.24) is 4.90 Å². The smallest absolute Gasteiger partial charge is 0.120 e. The summed E-state index contributed by atoms with van der Waals surface area (Å²) >= 11 is 0. The van der Waals surface area contributed by atoms with Crippen LogP contribution in [0.1, 0.15) is 56.1 Å². The fourth-order valence-corrected chi connectivity index (χ4v) is 2.98. The highest BCUT2D eigenvalue weighted by Gasteiger charge is 2.20. The van der Waals surface area contributed by atoms with Gasteiger partial charge in [-0.25, -0.2) is 0 Å². The molecule has 2 rings (SSSR count). The van der Waals surface area contributed by atoms with Gasteiger partial charge in [-0.1, -0.05) is 19.8 Å². The highest BCUT2D eigenvalue weighted by Crippen LogP contribution is 2.23. The first-order valence-electron chi connectivity index (χ1n) is 7.27. The molecule has 1 fully saturated rings. The summed E-state index contributed by atoms with van der Waals surface area (Å²) in [4.78, 5) is 2.59. The lowest BCUT2D eigenvalue weighted by molar-refractivity contribution is 0.171. The lowest BCUT2D eigenvalue weighted by Gasteiger charge is -2.28. The molecule has 0 amide bonds. The molecule has 1 unspecified atom stereocenters. The summed E-state index contributed by atoms with van der Waals surface area (Å²) in [5.41, 5.74) is 6.86. The van der Waals surface area contributed by atoms with Crippen LogP contribution in [-0.4, -0.2) is 17.5 Å². The lowest BCUT2D eigenvalue weighted by atomic mass is 10.1. The quantitative estimate of drug-likeness (QED) is 0.892. The summed E-state index contributed by atoms with van der Waals surface area (Å²) in [6, 6.07) is 2.87. The second kappa shape index (κ2) is 6.39. The first-order valence-corrected chi connectivity index (χ1v) is 7.27. The van der Waals surface area contributed by atoms with Crippen LogP contribution in [0.5, 0.6) is 0 Å². The molecular formula is C15H26N2O. The summed E-state index contributed by atoms with van der Waals surface area (Å²) in [5, 5.41) is 0. The average molecular weight is 250 g/mol. The van der Waals surface area contributed by atoms with Gasteiger partial charge in [0.25, 0.3) is 0 Å². The number of hydrogen-bond donors (Lipinski definition) is 1. The van der Waals surface area contributed by atoms with Crippen molar-refractivity contribution in [3.05, 3.63) is 23.2 Å². The Morgan fingerprint density at radius 3 is 2.89 bits per heavy atom. The number of hydrogen-bond acceptors (Lipinski definition) is 3. The first kappa shape index (κ1) is 13.6. The molecule has 0 aromatic carbocycles. The molecule has 3 nitrogen and oxygen atoms in total. The SMILES string of the molecule is CCC1CCCCCN1Cc1cc(C)c(CN)o1. The summed E-state index contributed by atoms with van der Waals surface area (Å²) in [7, 11) is 0. The summed E-state index contributed by atoms with van der Waals surface area (Å²) in [6.07, 6.45) is 6.64. The molecule has 102 valence electrons. The van der Waals surface area contributed by atoms with Crippen molar-refractivity contribution < 1.29 is 4.42 Å². The molecular weight excluding hydrogens is 224 g/mol. The van der Waals surface area contributed by atoms with E-state index in [1.807, 2.05) is 0 Å². The molecule has 2 N–H and O–H groups in total. The molecule has 1 aromatic heterocycles. The third-order valence-corrected chi connectivity index (χ3v) is 4.09. The Bertz CT molecular complexity index is 373. The topological polar surface area (TPSA) is 42.4 Å². The maximum Gasteiger partial charge on any atom is 0.120 e. The standard InChI is InChI=1S/C15H26N2O/c1-3-13-7-5-4-6-8-17(13)11-14-9-12(2)15(10-16)18-14/h9,13H,3-8,10-11,16H2,1-2H3. The second-order valence-corrected chi connectivity index (χ2v) is 5.40. The van der Waals surface area contributed by atoms with Crippen molar-refractivity contribution in [2.45, 2.75) is 65.1 Å². The molecule has 0 spiro atoms. The van der Waals surface area contributed by atoms with Crippen molar-refractivity contribution in [3.8, 4) is 0 Å². The van der Waals surface area contributed by atoms with E-state index >= 15 is 0 Å². The highest BCUT2D eigenvalue weighted by molar-refractivity contribution is 5.19. The molecule has 3 heteroatoms.